The molecule has 11 heavy (non-hydrogen) atoms. The molecule has 2 nitrogen and oxygen atoms in total. The van der Waals surface area contributed by atoms with Crippen LogP contribution in [0.3, 0.4) is 0 Å². The van der Waals surface area contributed by atoms with Gasteiger partial charge in [-0.15, -0.1) is 0 Å². The summed E-state index contributed by atoms with van der Waals surface area (Å²) in [6.45, 7) is 1.52. The number of Topliss-reactive ketones (excluding diaryl/α,β-unsaturated/α-hetero) is 1. The van der Waals surface area contributed by atoms with Crippen molar-refractivity contribution >= 4 is 22.4 Å². The highest BCUT2D eigenvalue weighted by Crippen LogP contribution is 2.16. The monoisotopic (exact) mass is 162 g/mol. The largest absolute Gasteiger partial charge is 0.653 e. The maximum atomic E-state index is 10.9. The Bertz CT molecular complexity index is 271. The van der Waals surface area contributed by atoms with Crippen LogP contribution in [0.5, 0.6) is 5.75 Å². The molecule has 0 saturated carbocycles. The Hall–Kier alpha value is -0.778. The molecule has 54 valence electrons. The Morgan fingerprint density at radius 1 is 1.45 bits per heavy atom. The van der Waals surface area contributed by atoms with Crippen molar-refractivity contribution in [2.75, 3.05) is 0 Å². The van der Waals surface area contributed by atoms with Crippen LogP contribution in [0, 0.1) is 0 Å². The first kappa shape index (κ1) is 8.32. The highest BCUT2D eigenvalue weighted by Gasteiger charge is 2.03. The summed E-state index contributed by atoms with van der Waals surface area (Å²) >= 11 is 2.12. The minimum atomic E-state index is 0.0167. The van der Waals surface area contributed by atoms with Crippen molar-refractivity contribution < 1.29 is 8.58 Å². The van der Waals surface area contributed by atoms with Crippen LogP contribution < -0.4 is 3.79 Å². The third-order valence-corrected chi connectivity index (χ3v) is 1.65. The molecule has 0 aliphatic rings. The predicted molar refractivity (Wildman–Crippen MR) is 42.8 cm³/mol. The van der Waals surface area contributed by atoms with Crippen molar-refractivity contribution in [1.29, 1.82) is 0 Å². The SMILES string of the molecule is CC(=O)c1ccccc1[O][Al]. The summed E-state index contributed by atoms with van der Waals surface area (Å²) in [6.07, 6.45) is 0. The van der Waals surface area contributed by atoms with E-state index in [4.69, 9.17) is 3.79 Å². The molecule has 0 amide bonds. The normalized spacial score (nSPS) is 9.18. The maximum Gasteiger partial charge on any atom is 0.482 e. The van der Waals surface area contributed by atoms with E-state index in [2.05, 4.69) is 16.6 Å². The Morgan fingerprint density at radius 3 is 2.55 bits per heavy atom. The molecule has 0 bridgehead atoms. The van der Waals surface area contributed by atoms with Gasteiger partial charge in [0.2, 0.25) is 0 Å². The summed E-state index contributed by atoms with van der Waals surface area (Å²) in [5.41, 5.74) is 0.613. The topological polar surface area (TPSA) is 26.3 Å². The van der Waals surface area contributed by atoms with Gasteiger partial charge >= 0.3 is 16.6 Å². The van der Waals surface area contributed by atoms with Crippen LogP contribution in [-0.2, 0) is 0 Å². The van der Waals surface area contributed by atoms with Gasteiger partial charge in [-0.2, -0.15) is 0 Å². The van der Waals surface area contributed by atoms with Gasteiger partial charge < -0.3 is 3.79 Å². The fraction of sp³-hybridized carbons (Fsp3) is 0.125. The quantitative estimate of drug-likeness (QED) is 0.484. The molecule has 2 radical (unpaired) electrons. The molecule has 1 aromatic carbocycles. The maximum absolute atomic E-state index is 10.9. The smallest absolute Gasteiger partial charge is 0.482 e. The number of rotatable bonds is 2. The highest BCUT2D eigenvalue weighted by atomic mass is 27.1. The summed E-state index contributed by atoms with van der Waals surface area (Å²) in [5, 5.41) is 0. The molecule has 0 atom stereocenters. The van der Waals surface area contributed by atoms with Crippen LogP contribution in [-0.4, -0.2) is 22.4 Å². The van der Waals surface area contributed by atoms with Gasteiger partial charge in [0.15, 0.2) is 5.78 Å². The first-order valence-corrected chi connectivity index (χ1v) is 3.69. The Kier molecular flexibility index (Phi) is 2.70. The molecular weight excluding hydrogens is 155 g/mol. The van der Waals surface area contributed by atoms with Crippen LogP contribution in [0.2, 0.25) is 0 Å². The molecule has 0 heterocycles. The molecule has 0 unspecified atom stereocenters. The average molecular weight is 162 g/mol. The van der Waals surface area contributed by atoms with Crippen molar-refractivity contribution in [1.82, 2.24) is 0 Å². The molecule has 0 aliphatic carbocycles. The summed E-state index contributed by atoms with van der Waals surface area (Å²) in [7, 11) is 0. The minimum Gasteiger partial charge on any atom is -0.653 e. The molecule has 3 heteroatoms. The van der Waals surface area contributed by atoms with Gasteiger partial charge in [-0.25, -0.2) is 0 Å². The zero-order chi connectivity index (χ0) is 8.27. The number of hydrogen-bond acceptors (Lipinski definition) is 2. The molecule has 0 spiro atoms. The van der Waals surface area contributed by atoms with Gasteiger partial charge in [-0.1, -0.05) is 12.1 Å². The third kappa shape index (κ3) is 1.83. The van der Waals surface area contributed by atoms with Crippen molar-refractivity contribution in [3.05, 3.63) is 29.8 Å². The van der Waals surface area contributed by atoms with Gasteiger partial charge in [0.05, 0.1) is 11.3 Å². The second-order valence-corrected chi connectivity index (χ2v) is 2.41. The van der Waals surface area contributed by atoms with Crippen LogP contribution >= 0.6 is 0 Å². The number of benzene rings is 1. The lowest BCUT2D eigenvalue weighted by molar-refractivity contribution is 0.101. The van der Waals surface area contributed by atoms with E-state index >= 15 is 0 Å². The van der Waals surface area contributed by atoms with Crippen molar-refractivity contribution in [3.8, 4) is 5.75 Å². The van der Waals surface area contributed by atoms with Crippen molar-refractivity contribution in [2.45, 2.75) is 6.92 Å². The van der Waals surface area contributed by atoms with E-state index in [1.165, 1.54) is 6.92 Å². The van der Waals surface area contributed by atoms with Crippen LogP contribution in [0.1, 0.15) is 17.3 Å². The van der Waals surface area contributed by atoms with E-state index in [0.717, 1.165) is 0 Å². The van der Waals surface area contributed by atoms with Crippen molar-refractivity contribution in [2.24, 2.45) is 0 Å². The van der Waals surface area contributed by atoms with E-state index in [1.807, 2.05) is 12.1 Å². The molecule has 1 rings (SSSR count). The van der Waals surface area contributed by atoms with Gasteiger partial charge in [-0.3, -0.25) is 4.79 Å². The Morgan fingerprint density at radius 2 is 2.09 bits per heavy atom. The lowest BCUT2D eigenvalue weighted by atomic mass is 10.1. The fourth-order valence-electron chi connectivity index (χ4n) is 0.860. The van der Waals surface area contributed by atoms with E-state index < -0.39 is 0 Å². The van der Waals surface area contributed by atoms with E-state index in [0.29, 0.717) is 11.3 Å². The van der Waals surface area contributed by atoms with Gasteiger partial charge in [0.1, 0.15) is 0 Å². The predicted octanol–water partition coefficient (Wildman–Crippen LogP) is 1.35. The van der Waals surface area contributed by atoms with E-state index in [1.54, 1.807) is 12.1 Å². The summed E-state index contributed by atoms with van der Waals surface area (Å²) in [4.78, 5) is 10.9. The first-order chi connectivity index (χ1) is 5.25. The summed E-state index contributed by atoms with van der Waals surface area (Å²) in [5.74, 6) is 0.619. The lowest BCUT2D eigenvalue weighted by Gasteiger charge is -2.05. The van der Waals surface area contributed by atoms with E-state index in [9.17, 15) is 4.79 Å². The first-order valence-electron chi connectivity index (χ1n) is 3.22. The average Bonchev–Trinajstić information content (AvgIpc) is 2.04. The third-order valence-electron chi connectivity index (χ3n) is 1.39. The van der Waals surface area contributed by atoms with Crippen LogP contribution in [0.15, 0.2) is 24.3 Å². The van der Waals surface area contributed by atoms with Gasteiger partial charge in [-0.05, 0) is 19.1 Å². The van der Waals surface area contributed by atoms with Crippen LogP contribution in [0.25, 0.3) is 0 Å². The zero-order valence-electron chi connectivity index (χ0n) is 6.20. The summed E-state index contributed by atoms with van der Waals surface area (Å²) in [6, 6.07) is 7.13. The molecule has 0 aromatic heterocycles. The number of carbonyl (C=O) groups is 1. The summed E-state index contributed by atoms with van der Waals surface area (Å²) < 4.78 is 4.90. The molecule has 0 saturated heterocycles. The number of hydrogen-bond donors (Lipinski definition) is 0. The van der Waals surface area contributed by atoms with Gasteiger partial charge in [0.25, 0.3) is 0 Å². The van der Waals surface area contributed by atoms with Gasteiger partial charge in [0, 0.05) is 0 Å². The lowest BCUT2D eigenvalue weighted by Crippen LogP contribution is -1.97. The molecule has 0 fully saturated rings. The van der Waals surface area contributed by atoms with Crippen LogP contribution in [0.4, 0.5) is 0 Å². The molecular formula is C8H7AlO2. The Balaban J connectivity index is 3.12. The second kappa shape index (κ2) is 3.57. The fourth-order valence-corrected chi connectivity index (χ4v) is 1.07. The number of para-hydroxylation sites is 1. The zero-order valence-corrected chi connectivity index (χ0v) is 7.36. The molecule has 1 aromatic rings. The highest BCUT2D eigenvalue weighted by molar-refractivity contribution is 6.03. The Labute approximate surface area is 73.9 Å². The number of carbonyl (C=O) groups excluding carboxylic acids is 1. The molecule has 0 N–H and O–H groups in total. The van der Waals surface area contributed by atoms with Crippen molar-refractivity contribution in [3.63, 3.8) is 0 Å². The minimum absolute atomic E-state index is 0.0167. The van der Waals surface area contributed by atoms with E-state index in [-0.39, 0.29) is 5.78 Å². The second-order valence-electron chi connectivity index (χ2n) is 2.17. The standard InChI is InChI=1S/C8H8O2.Al/c1-6(9)7-4-2-3-5-8(7)10;/h2-5,10H,1H3;/q;+1/p-1. The molecule has 0 aliphatic heterocycles. The number of ketones is 1.